The standard InChI is InChI=1S/C21H18N4O3/c1-27-19-8-3-2-6-16(19)21(26)25-20(23-13-15-9-11-28-14-15)12-18(24-25)17-7-4-5-10-22-17/h2-12,14,23H,13H2,1H3. The summed E-state index contributed by atoms with van der Waals surface area (Å²) in [5, 5.41) is 7.74. The lowest BCUT2D eigenvalue weighted by molar-refractivity contribution is 0.0945. The Balaban J connectivity index is 1.73. The molecule has 0 aliphatic heterocycles. The van der Waals surface area contributed by atoms with E-state index in [-0.39, 0.29) is 5.91 Å². The van der Waals surface area contributed by atoms with Gasteiger partial charge in [0.25, 0.3) is 5.91 Å². The fourth-order valence-electron chi connectivity index (χ4n) is 2.82. The second-order valence-electron chi connectivity index (χ2n) is 6.03. The summed E-state index contributed by atoms with van der Waals surface area (Å²) in [6, 6.07) is 16.3. The molecule has 3 heterocycles. The van der Waals surface area contributed by atoms with E-state index in [2.05, 4.69) is 15.4 Å². The van der Waals surface area contributed by atoms with E-state index in [0.717, 1.165) is 5.56 Å². The van der Waals surface area contributed by atoms with Crippen LogP contribution >= 0.6 is 0 Å². The first-order chi connectivity index (χ1) is 13.8. The number of pyridine rings is 1. The van der Waals surface area contributed by atoms with Gasteiger partial charge in [-0.25, -0.2) is 0 Å². The summed E-state index contributed by atoms with van der Waals surface area (Å²) in [5.41, 5.74) is 2.66. The van der Waals surface area contributed by atoms with Crippen molar-refractivity contribution in [3.8, 4) is 17.1 Å². The summed E-state index contributed by atoms with van der Waals surface area (Å²) in [4.78, 5) is 17.5. The summed E-state index contributed by atoms with van der Waals surface area (Å²) in [6.07, 6.45) is 4.94. The van der Waals surface area contributed by atoms with Crippen molar-refractivity contribution in [1.29, 1.82) is 0 Å². The van der Waals surface area contributed by atoms with Gasteiger partial charge in [0.2, 0.25) is 0 Å². The van der Waals surface area contributed by atoms with E-state index in [4.69, 9.17) is 9.15 Å². The number of benzene rings is 1. The molecule has 0 amide bonds. The highest BCUT2D eigenvalue weighted by atomic mass is 16.5. The van der Waals surface area contributed by atoms with Gasteiger partial charge in [0.15, 0.2) is 0 Å². The third-order valence-corrected chi connectivity index (χ3v) is 4.22. The van der Waals surface area contributed by atoms with Gasteiger partial charge < -0.3 is 14.5 Å². The molecule has 4 rings (SSSR count). The predicted molar refractivity (Wildman–Crippen MR) is 104 cm³/mol. The number of nitrogens with zero attached hydrogens (tertiary/aromatic N) is 3. The fourth-order valence-corrected chi connectivity index (χ4v) is 2.82. The first-order valence-electron chi connectivity index (χ1n) is 8.70. The molecule has 0 saturated carbocycles. The largest absolute Gasteiger partial charge is 0.496 e. The van der Waals surface area contributed by atoms with Crippen molar-refractivity contribution >= 4 is 11.7 Å². The SMILES string of the molecule is COc1ccccc1C(=O)n1nc(-c2ccccn2)cc1NCc1ccoc1. The van der Waals surface area contributed by atoms with Gasteiger partial charge in [-0.1, -0.05) is 18.2 Å². The van der Waals surface area contributed by atoms with Gasteiger partial charge >= 0.3 is 0 Å². The van der Waals surface area contributed by atoms with Gasteiger partial charge in [0, 0.05) is 24.4 Å². The second kappa shape index (κ2) is 7.79. The van der Waals surface area contributed by atoms with E-state index in [1.54, 1.807) is 43.0 Å². The number of methoxy groups -OCH3 is 1. The Bertz CT molecular complexity index is 1070. The van der Waals surface area contributed by atoms with Crippen LogP contribution in [0.5, 0.6) is 5.75 Å². The number of furan rings is 1. The van der Waals surface area contributed by atoms with Crippen molar-refractivity contribution in [1.82, 2.24) is 14.8 Å². The molecule has 0 radical (unpaired) electrons. The van der Waals surface area contributed by atoms with Gasteiger partial charge in [0.05, 0.1) is 30.9 Å². The third kappa shape index (κ3) is 3.50. The average molecular weight is 374 g/mol. The van der Waals surface area contributed by atoms with Crippen LogP contribution in [0.2, 0.25) is 0 Å². The number of nitrogens with one attached hydrogen (secondary N) is 1. The van der Waals surface area contributed by atoms with Gasteiger partial charge in [-0.3, -0.25) is 9.78 Å². The first kappa shape index (κ1) is 17.5. The lowest BCUT2D eigenvalue weighted by Gasteiger charge is -2.10. The van der Waals surface area contributed by atoms with Crippen LogP contribution in [0.4, 0.5) is 5.82 Å². The predicted octanol–water partition coefficient (Wildman–Crippen LogP) is 3.85. The minimum absolute atomic E-state index is 0.297. The zero-order valence-electron chi connectivity index (χ0n) is 15.2. The summed E-state index contributed by atoms with van der Waals surface area (Å²) >= 11 is 0. The molecule has 28 heavy (non-hydrogen) atoms. The number of hydrogen-bond acceptors (Lipinski definition) is 6. The molecule has 0 aliphatic carbocycles. The zero-order valence-corrected chi connectivity index (χ0v) is 15.2. The van der Waals surface area contributed by atoms with Crippen molar-refractivity contribution in [2.75, 3.05) is 12.4 Å². The van der Waals surface area contributed by atoms with Crippen molar-refractivity contribution < 1.29 is 13.9 Å². The maximum Gasteiger partial charge on any atom is 0.283 e. The third-order valence-electron chi connectivity index (χ3n) is 4.22. The quantitative estimate of drug-likeness (QED) is 0.552. The maximum absolute atomic E-state index is 13.2. The van der Waals surface area contributed by atoms with Crippen LogP contribution in [-0.2, 0) is 6.54 Å². The molecule has 0 bridgehead atoms. The second-order valence-corrected chi connectivity index (χ2v) is 6.03. The molecule has 0 aliphatic rings. The topological polar surface area (TPSA) is 82.2 Å². The number of aromatic nitrogens is 3. The summed E-state index contributed by atoms with van der Waals surface area (Å²) < 4.78 is 11.8. The summed E-state index contributed by atoms with van der Waals surface area (Å²) in [5.74, 6) is 0.746. The molecule has 0 atom stereocenters. The van der Waals surface area contributed by atoms with Crippen LogP contribution in [0.25, 0.3) is 11.4 Å². The van der Waals surface area contributed by atoms with Crippen LogP contribution in [0.1, 0.15) is 15.9 Å². The Hall–Kier alpha value is -3.87. The van der Waals surface area contributed by atoms with E-state index in [1.165, 1.54) is 11.8 Å². The molecule has 0 unspecified atom stereocenters. The Kier molecular flexibility index (Phi) is 4.88. The molecule has 4 aromatic rings. The van der Waals surface area contributed by atoms with Crippen molar-refractivity contribution in [2.24, 2.45) is 0 Å². The highest BCUT2D eigenvalue weighted by Gasteiger charge is 2.20. The monoisotopic (exact) mass is 374 g/mol. The fraction of sp³-hybridized carbons (Fsp3) is 0.0952. The van der Waals surface area contributed by atoms with E-state index in [1.807, 2.05) is 30.3 Å². The lowest BCUT2D eigenvalue weighted by Crippen LogP contribution is -2.18. The van der Waals surface area contributed by atoms with E-state index in [0.29, 0.717) is 35.1 Å². The minimum Gasteiger partial charge on any atom is -0.496 e. The Morgan fingerprint density at radius 2 is 2.00 bits per heavy atom. The van der Waals surface area contributed by atoms with E-state index in [9.17, 15) is 4.79 Å². The molecule has 1 aromatic carbocycles. The molecule has 3 aromatic heterocycles. The van der Waals surface area contributed by atoms with Crippen LogP contribution < -0.4 is 10.1 Å². The van der Waals surface area contributed by atoms with Crippen LogP contribution in [0, 0.1) is 0 Å². The maximum atomic E-state index is 13.2. The number of anilines is 1. The van der Waals surface area contributed by atoms with Crippen LogP contribution in [0.15, 0.2) is 77.7 Å². The Labute approximate surface area is 161 Å². The number of hydrogen-bond donors (Lipinski definition) is 1. The molecule has 7 heteroatoms. The Morgan fingerprint density at radius 3 is 2.75 bits per heavy atom. The van der Waals surface area contributed by atoms with Crippen molar-refractivity contribution in [3.63, 3.8) is 0 Å². The van der Waals surface area contributed by atoms with E-state index >= 15 is 0 Å². The number of carbonyl (C=O) groups is 1. The molecular formula is C21H18N4O3. The number of carbonyl (C=O) groups excluding carboxylic acids is 1. The highest BCUT2D eigenvalue weighted by Crippen LogP contribution is 2.24. The number of para-hydroxylation sites is 1. The molecule has 7 nitrogen and oxygen atoms in total. The Morgan fingerprint density at radius 1 is 1.14 bits per heavy atom. The van der Waals surface area contributed by atoms with Crippen LogP contribution in [0.3, 0.4) is 0 Å². The summed E-state index contributed by atoms with van der Waals surface area (Å²) in [7, 11) is 1.53. The molecular weight excluding hydrogens is 356 g/mol. The van der Waals surface area contributed by atoms with Gasteiger partial charge in [0.1, 0.15) is 17.3 Å². The van der Waals surface area contributed by atoms with Gasteiger partial charge in [-0.15, -0.1) is 0 Å². The number of ether oxygens (including phenoxy) is 1. The van der Waals surface area contributed by atoms with E-state index < -0.39 is 0 Å². The van der Waals surface area contributed by atoms with Gasteiger partial charge in [-0.2, -0.15) is 9.78 Å². The average Bonchev–Trinajstić information content (AvgIpc) is 3.42. The molecule has 140 valence electrons. The zero-order chi connectivity index (χ0) is 19.3. The smallest absolute Gasteiger partial charge is 0.283 e. The molecule has 0 fully saturated rings. The van der Waals surface area contributed by atoms with Crippen molar-refractivity contribution in [3.05, 3.63) is 84.4 Å². The van der Waals surface area contributed by atoms with Gasteiger partial charge in [-0.05, 0) is 30.3 Å². The number of rotatable bonds is 6. The van der Waals surface area contributed by atoms with Crippen LogP contribution in [-0.4, -0.2) is 27.8 Å². The van der Waals surface area contributed by atoms with Crippen molar-refractivity contribution in [2.45, 2.75) is 6.54 Å². The summed E-state index contributed by atoms with van der Waals surface area (Å²) in [6.45, 7) is 0.489. The molecule has 0 spiro atoms. The first-order valence-corrected chi connectivity index (χ1v) is 8.70. The molecule has 0 saturated heterocycles. The normalized spacial score (nSPS) is 10.6. The molecule has 1 N–H and O–H groups in total. The lowest BCUT2D eigenvalue weighted by atomic mass is 10.2. The minimum atomic E-state index is -0.297. The highest BCUT2D eigenvalue weighted by molar-refractivity contribution is 6.00.